The molecule has 0 saturated heterocycles. The summed E-state index contributed by atoms with van der Waals surface area (Å²) in [5, 5.41) is 4.01. The van der Waals surface area contributed by atoms with Gasteiger partial charge in [0.1, 0.15) is 0 Å². The summed E-state index contributed by atoms with van der Waals surface area (Å²) in [6, 6.07) is 11.1. The van der Waals surface area contributed by atoms with E-state index in [-0.39, 0.29) is 5.56 Å². The lowest BCUT2D eigenvalue weighted by atomic mass is 10.3. The van der Waals surface area contributed by atoms with Crippen molar-refractivity contribution in [1.29, 1.82) is 0 Å². The number of H-pyrrole nitrogens is 1. The van der Waals surface area contributed by atoms with Gasteiger partial charge in [-0.3, -0.25) is 9.89 Å². The molecule has 0 aliphatic heterocycles. The van der Waals surface area contributed by atoms with Crippen LogP contribution in [0.3, 0.4) is 0 Å². The minimum atomic E-state index is -0.110. The highest BCUT2D eigenvalue weighted by atomic mass is 32.2. The highest BCUT2D eigenvalue weighted by Crippen LogP contribution is 2.19. The first kappa shape index (κ1) is 13.6. The summed E-state index contributed by atoms with van der Waals surface area (Å²) in [5.41, 5.74) is 1.87. The van der Waals surface area contributed by atoms with Crippen molar-refractivity contribution >= 4 is 11.8 Å². The highest BCUT2D eigenvalue weighted by Gasteiger charge is 2.06. The third-order valence-corrected chi connectivity index (χ3v) is 3.90. The number of aromatic amines is 1. The first-order valence-corrected chi connectivity index (χ1v) is 7.49. The van der Waals surface area contributed by atoms with Gasteiger partial charge in [-0.15, -0.1) is 11.8 Å². The second-order valence-corrected chi connectivity index (χ2v) is 5.60. The topological polar surface area (TPSA) is 63.6 Å². The molecule has 0 atom stereocenters. The number of hydrogen-bond acceptors (Lipinski definition) is 4. The van der Waals surface area contributed by atoms with Gasteiger partial charge >= 0.3 is 0 Å². The van der Waals surface area contributed by atoms with Crippen LogP contribution in [-0.2, 0) is 5.75 Å². The monoisotopic (exact) mass is 298 g/mol. The molecule has 0 aliphatic rings. The van der Waals surface area contributed by atoms with Crippen molar-refractivity contribution in [2.75, 3.05) is 0 Å². The summed E-state index contributed by atoms with van der Waals surface area (Å²) in [6.07, 6.45) is 3.50. The molecule has 0 unspecified atom stereocenters. The van der Waals surface area contributed by atoms with Crippen LogP contribution in [0.15, 0.2) is 58.6 Å². The molecule has 6 heteroatoms. The smallest absolute Gasteiger partial charge is 0.272 e. The van der Waals surface area contributed by atoms with Crippen molar-refractivity contribution in [2.24, 2.45) is 0 Å². The SMILES string of the molecule is Cc1ccc(SCc2cc(=O)n(-c3ccccn3)[nH]2)nc1. The zero-order chi connectivity index (χ0) is 14.7. The Hall–Kier alpha value is -2.34. The van der Waals surface area contributed by atoms with E-state index < -0.39 is 0 Å². The van der Waals surface area contributed by atoms with Gasteiger partial charge in [0.25, 0.3) is 5.56 Å². The zero-order valence-corrected chi connectivity index (χ0v) is 12.3. The van der Waals surface area contributed by atoms with Crippen LogP contribution in [-0.4, -0.2) is 19.7 Å². The maximum Gasteiger partial charge on any atom is 0.272 e. The van der Waals surface area contributed by atoms with Crippen LogP contribution >= 0.6 is 11.8 Å². The molecule has 106 valence electrons. The van der Waals surface area contributed by atoms with Gasteiger partial charge in [-0.1, -0.05) is 12.1 Å². The summed E-state index contributed by atoms with van der Waals surface area (Å²) >= 11 is 1.58. The number of aryl methyl sites for hydroxylation is 1. The van der Waals surface area contributed by atoms with Gasteiger partial charge in [-0.25, -0.2) is 14.6 Å². The standard InChI is InChI=1S/C15H14N4OS/c1-11-5-6-14(17-9-11)21-10-12-8-15(20)19(18-12)13-4-2-3-7-16-13/h2-9,18H,10H2,1H3. The molecule has 3 aromatic heterocycles. The quantitative estimate of drug-likeness (QED) is 0.752. The Bertz CT molecular complexity index is 777. The number of aromatic nitrogens is 4. The van der Waals surface area contributed by atoms with E-state index in [9.17, 15) is 4.79 Å². The van der Waals surface area contributed by atoms with Crippen molar-refractivity contribution in [3.63, 3.8) is 0 Å². The molecular formula is C15H14N4OS. The fourth-order valence-corrected chi connectivity index (χ4v) is 2.61. The summed E-state index contributed by atoms with van der Waals surface area (Å²) < 4.78 is 1.44. The normalized spacial score (nSPS) is 10.7. The van der Waals surface area contributed by atoms with Gasteiger partial charge in [0, 0.05) is 29.9 Å². The van der Waals surface area contributed by atoms with Gasteiger partial charge < -0.3 is 0 Å². The largest absolute Gasteiger partial charge is 0.293 e. The molecule has 0 bridgehead atoms. The Labute approximate surface area is 126 Å². The molecule has 3 heterocycles. The van der Waals surface area contributed by atoms with Gasteiger partial charge in [0.05, 0.1) is 5.03 Å². The molecule has 0 radical (unpaired) electrons. The highest BCUT2D eigenvalue weighted by molar-refractivity contribution is 7.98. The van der Waals surface area contributed by atoms with Crippen LogP contribution in [0.4, 0.5) is 0 Å². The van der Waals surface area contributed by atoms with Crippen LogP contribution in [0.1, 0.15) is 11.3 Å². The van der Waals surface area contributed by atoms with Gasteiger partial charge in [0.15, 0.2) is 5.82 Å². The molecular weight excluding hydrogens is 284 g/mol. The first-order valence-electron chi connectivity index (χ1n) is 6.50. The molecule has 0 amide bonds. The minimum Gasteiger partial charge on any atom is -0.293 e. The second-order valence-electron chi connectivity index (χ2n) is 4.61. The van der Waals surface area contributed by atoms with Crippen LogP contribution < -0.4 is 5.56 Å². The predicted octanol–water partition coefficient (Wildman–Crippen LogP) is 2.56. The fraction of sp³-hybridized carbons (Fsp3) is 0.133. The minimum absolute atomic E-state index is 0.110. The Morgan fingerprint density at radius 1 is 1.24 bits per heavy atom. The average molecular weight is 298 g/mol. The van der Waals surface area contributed by atoms with Crippen molar-refractivity contribution in [3.05, 3.63) is 70.4 Å². The van der Waals surface area contributed by atoms with Crippen molar-refractivity contribution < 1.29 is 0 Å². The van der Waals surface area contributed by atoms with E-state index >= 15 is 0 Å². The van der Waals surface area contributed by atoms with E-state index in [0.29, 0.717) is 11.6 Å². The van der Waals surface area contributed by atoms with E-state index in [1.165, 1.54) is 4.68 Å². The van der Waals surface area contributed by atoms with Crippen molar-refractivity contribution in [3.8, 4) is 5.82 Å². The first-order chi connectivity index (χ1) is 10.2. The Kier molecular flexibility index (Phi) is 3.87. The molecule has 5 nitrogen and oxygen atoms in total. The fourth-order valence-electron chi connectivity index (χ4n) is 1.87. The molecule has 0 fully saturated rings. The number of hydrogen-bond donors (Lipinski definition) is 1. The van der Waals surface area contributed by atoms with Gasteiger partial charge in [-0.2, -0.15) is 0 Å². The van der Waals surface area contributed by atoms with Gasteiger partial charge in [0.2, 0.25) is 0 Å². The number of thioether (sulfide) groups is 1. The molecule has 3 rings (SSSR count). The van der Waals surface area contributed by atoms with Gasteiger partial charge in [-0.05, 0) is 30.7 Å². The van der Waals surface area contributed by atoms with Crippen LogP contribution in [0.25, 0.3) is 5.82 Å². The lowest BCUT2D eigenvalue weighted by molar-refractivity contribution is 0.805. The van der Waals surface area contributed by atoms with Crippen LogP contribution in [0.5, 0.6) is 0 Å². The lowest BCUT2D eigenvalue weighted by Crippen LogP contribution is -2.14. The van der Waals surface area contributed by atoms with E-state index in [1.54, 1.807) is 30.1 Å². The van der Waals surface area contributed by atoms with E-state index in [0.717, 1.165) is 16.3 Å². The molecule has 0 spiro atoms. The number of nitrogens with one attached hydrogen (secondary N) is 1. The third-order valence-electron chi connectivity index (χ3n) is 2.91. The van der Waals surface area contributed by atoms with E-state index in [4.69, 9.17) is 0 Å². The lowest BCUT2D eigenvalue weighted by Gasteiger charge is -2.01. The maximum absolute atomic E-state index is 12.0. The third kappa shape index (κ3) is 3.22. The van der Waals surface area contributed by atoms with Crippen LogP contribution in [0, 0.1) is 6.92 Å². The zero-order valence-electron chi connectivity index (χ0n) is 11.5. The number of pyridine rings is 2. The van der Waals surface area contributed by atoms with Crippen molar-refractivity contribution in [1.82, 2.24) is 19.7 Å². The average Bonchev–Trinajstić information content (AvgIpc) is 2.89. The number of rotatable bonds is 4. The molecule has 0 aromatic carbocycles. The van der Waals surface area contributed by atoms with Crippen molar-refractivity contribution in [2.45, 2.75) is 17.7 Å². The van der Waals surface area contributed by atoms with E-state index in [1.807, 2.05) is 37.4 Å². The summed E-state index contributed by atoms with van der Waals surface area (Å²) in [7, 11) is 0. The second kappa shape index (κ2) is 5.97. The maximum atomic E-state index is 12.0. The number of nitrogens with zero attached hydrogens (tertiary/aromatic N) is 3. The predicted molar refractivity (Wildman–Crippen MR) is 82.7 cm³/mol. The van der Waals surface area contributed by atoms with E-state index in [2.05, 4.69) is 15.1 Å². The van der Waals surface area contributed by atoms with Crippen LogP contribution in [0.2, 0.25) is 0 Å². The Morgan fingerprint density at radius 3 is 2.86 bits per heavy atom. The Balaban J connectivity index is 1.76. The molecule has 1 N–H and O–H groups in total. The molecule has 0 saturated carbocycles. The summed E-state index contributed by atoms with van der Waals surface area (Å²) in [4.78, 5) is 20.5. The molecule has 0 aliphatic carbocycles. The summed E-state index contributed by atoms with van der Waals surface area (Å²) in [6.45, 7) is 2.01. The molecule has 3 aromatic rings. The molecule has 21 heavy (non-hydrogen) atoms. The Morgan fingerprint density at radius 2 is 2.14 bits per heavy atom. The summed E-state index contributed by atoms with van der Waals surface area (Å²) in [5.74, 6) is 1.25.